The van der Waals surface area contributed by atoms with Crippen LogP contribution in [0.15, 0.2) is 0 Å². The summed E-state index contributed by atoms with van der Waals surface area (Å²) < 4.78 is 5.49. The fourth-order valence-electron chi connectivity index (χ4n) is 2.21. The summed E-state index contributed by atoms with van der Waals surface area (Å²) in [7, 11) is 0. The van der Waals surface area contributed by atoms with Crippen molar-refractivity contribution in [1.82, 2.24) is 4.90 Å². The van der Waals surface area contributed by atoms with Crippen LogP contribution < -0.4 is 5.73 Å². The molecule has 0 aromatic carbocycles. The number of rotatable bonds is 6. The lowest BCUT2D eigenvalue weighted by Crippen LogP contribution is -2.49. The topological polar surface area (TPSA) is 75.8 Å². The Morgan fingerprint density at radius 3 is 2.56 bits per heavy atom. The lowest BCUT2D eigenvalue weighted by atomic mass is 9.85. The number of ether oxygens (including phenoxy) is 1. The van der Waals surface area contributed by atoms with Crippen LogP contribution in [-0.2, 0) is 9.53 Å². The first-order valence-corrected chi connectivity index (χ1v) is 6.79. The van der Waals surface area contributed by atoms with E-state index in [9.17, 15) is 4.79 Å². The summed E-state index contributed by atoms with van der Waals surface area (Å²) in [5.74, 6) is 0.160. The molecular weight excluding hydrogens is 232 g/mol. The lowest BCUT2D eigenvalue weighted by Gasteiger charge is -2.37. The molecule has 1 aliphatic rings. The molecule has 0 aromatic rings. The standard InChI is InChI=1S/C13H26N2O3/c1-3-13(2,10-14)12(17)15-6-4-11(5-7-15)18-9-8-16/h11,16H,3-10,14H2,1-2H3. The maximum Gasteiger partial charge on any atom is 0.229 e. The van der Waals surface area contributed by atoms with Crippen molar-refractivity contribution < 1.29 is 14.6 Å². The Bertz CT molecular complexity index is 259. The van der Waals surface area contributed by atoms with E-state index >= 15 is 0 Å². The summed E-state index contributed by atoms with van der Waals surface area (Å²) in [6.07, 6.45) is 2.63. The van der Waals surface area contributed by atoms with Crippen molar-refractivity contribution in [2.45, 2.75) is 39.2 Å². The molecule has 0 spiro atoms. The van der Waals surface area contributed by atoms with E-state index in [0.29, 0.717) is 13.2 Å². The second-order valence-electron chi connectivity index (χ2n) is 5.20. The number of carbonyl (C=O) groups is 1. The molecule has 1 aliphatic heterocycles. The van der Waals surface area contributed by atoms with Gasteiger partial charge in [-0.05, 0) is 26.2 Å². The van der Waals surface area contributed by atoms with Gasteiger partial charge in [-0.2, -0.15) is 0 Å². The maximum atomic E-state index is 12.4. The lowest BCUT2D eigenvalue weighted by molar-refractivity contribution is -0.143. The predicted octanol–water partition coefficient (Wildman–Crippen LogP) is 0.361. The van der Waals surface area contributed by atoms with Gasteiger partial charge in [0.25, 0.3) is 0 Å². The Labute approximate surface area is 109 Å². The van der Waals surface area contributed by atoms with E-state index in [1.807, 2.05) is 18.7 Å². The minimum atomic E-state index is -0.432. The Morgan fingerprint density at radius 1 is 1.50 bits per heavy atom. The van der Waals surface area contributed by atoms with Crippen LogP contribution >= 0.6 is 0 Å². The van der Waals surface area contributed by atoms with Crippen LogP contribution in [0.2, 0.25) is 0 Å². The minimum Gasteiger partial charge on any atom is -0.394 e. The molecule has 3 N–H and O–H groups in total. The fraction of sp³-hybridized carbons (Fsp3) is 0.923. The summed E-state index contributed by atoms with van der Waals surface area (Å²) >= 11 is 0. The van der Waals surface area contributed by atoms with Crippen molar-refractivity contribution >= 4 is 5.91 Å². The quantitative estimate of drug-likeness (QED) is 0.721. The van der Waals surface area contributed by atoms with Gasteiger partial charge in [0.2, 0.25) is 5.91 Å². The number of carbonyl (C=O) groups excluding carboxylic acids is 1. The molecule has 106 valence electrons. The van der Waals surface area contributed by atoms with Crippen molar-refractivity contribution in [2.24, 2.45) is 11.1 Å². The number of piperidine rings is 1. The van der Waals surface area contributed by atoms with Gasteiger partial charge < -0.3 is 20.5 Å². The fourth-order valence-corrected chi connectivity index (χ4v) is 2.21. The molecule has 1 fully saturated rings. The molecule has 0 radical (unpaired) electrons. The van der Waals surface area contributed by atoms with Crippen LogP contribution in [0.25, 0.3) is 0 Å². The number of amides is 1. The molecule has 5 nitrogen and oxygen atoms in total. The second-order valence-corrected chi connectivity index (χ2v) is 5.20. The largest absolute Gasteiger partial charge is 0.394 e. The smallest absolute Gasteiger partial charge is 0.229 e. The second kappa shape index (κ2) is 7.07. The zero-order chi connectivity index (χ0) is 13.6. The highest BCUT2D eigenvalue weighted by atomic mass is 16.5. The van der Waals surface area contributed by atoms with E-state index in [1.165, 1.54) is 0 Å². The van der Waals surface area contributed by atoms with E-state index in [2.05, 4.69) is 0 Å². The highest BCUT2D eigenvalue weighted by Gasteiger charge is 2.35. The van der Waals surface area contributed by atoms with Crippen molar-refractivity contribution in [3.8, 4) is 0 Å². The van der Waals surface area contributed by atoms with E-state index in [0.717, 1.165) is 32.4 Å². The van der Waals surface area contributed by atoms with Crippen molar-refractivity contribution in [3.63, 3.8) is 0 Å². The van der Waals surface area contributed by atoms with Crippen LogP contribution in [0.3, 0.4) is 0 Å². The molecule has 18 heavy (non-hydrogen) atoms. The van der Waals surface area contributed by atoms with Gasteiger partial charge in [0.05, 0.1) is 24.7 Å². The normalized spacial score (nSPS) is 20.8. The van der Waals surface area contributed by atoms with E-state index in [4.69, 9.17) is 15.6 Å². The zero-order valence-electron chi connectivity index (χ0n) is 11.5. The van der Waals surface area contributed by atoms with Gasteiger partial charge >= 0.3 is 0 Å². The number of likely N-dealkylation sites (tertiary alicyclic amines) is 1. The summed E-state index contributed by atoms with van der Waals surface area (Å²) in [6.45, 7) is 6.22. The molecule has 0 bridgehead atoms. The molecule has 1 saturated heterocycles. The molecule has 0 aliphatic carbocycles. The van der Waals surface area contributed by atoms with E-state index in [1.54, 1.807) is 0 Å². The Balaban J connectivity index is 2.45. The third kappa shape index (κ3) is 3.67. The summed E-state index contributed by atoms with van der Waals surface area (Å²) in [6, 6.07) is 0. The molecule has 1 heterocycles. The van der Waals surface area contributed by atoms with Gasteiger partial charge in [-0.3, -0.25) is 4.79 Å². The summed E-state index contributed by atoms with van der Waals surface area (Å²) in [5, 5.41) is 8.70. The molecule has 1 atom stereocenters. The van der Waals surface area contributed by atoms with Crippen LogP contribution in [0, 0.1) is 5.41 Å². The van der Waals surface area contributed by atoms with Gasteiger partial charge in [0.15, 0.2) is 0 Å². The van der Waals surface area contributed by atoms with E-state index in [-0.39, 0.29) is 18.6 Å². The van der Waals surface area contributed by atoms with Crippen molar-refractivity contribution in [2.75, 3.05) is 32.8 Å². The van der Waals surface area contributed by atoms with Gasteiger partial charge in [-0.15, -0.1) is 0 Å². The van der Waals surface area contributed by atoms with Crippen molar-refractivity contribution in [1.29, 1.82) is 0 Å². The molecule has 0 saturated carbocycles. The van der Waals surface area contributed by atoms with E-state index < -0.39 is 5.41 Å². The first-order valence-electron chi connectivity index (χ1n) is 6.79. The molecule has 1 unspecified atom stereocenters. The Morgan fingerprint density at radius 2 is 2.11 bits per heavy atom. The SMILES string of the molecule is CCC(C)(CN)C(=O)N1CCC(OCCO)CC1. The van der Waals surface area contributed by atoms with Gasteiger partial charge in [0, 0.05) is 19.6 Å². The van der Waals surface area contributed by atoms with Crippen molar-refractivity contribution in [3.05, 3.63) is 0 Å². The summed E-state index contributed by atoms with van der Waals surface area (Å²) in [5.41, 5.74) is 5.29. The Hall–Kier alpha value is -0.650. The highest BCUT2D eigenvalue weighted by molar-refractivity contribution is 5.82. The third-order valence-electron chi connectivity index (χ3n) is 3.92. The molecule has 5 heteroatoms. The molecule has 0 aromatic heterocycles. The average Bonchev–Trinajstić information content (AvgIpc) is 2.44. The monoisotopic (exact) mass is 258 g/mol. The number of hydrogen-bond acceptors (Lipinski definition) is 4. The molecule has 1 rings (SSSR count). The zero-order valence-corrected chi connectivity index (χ0v) is 11.5. The highest BCUT2D eigenvalue weighted by Crippen LogP contribution is 2.25. The molecule has 1 amide bonds. The summed E-state index contributed by atoms with van der Waals surface area (Å²) in [4.78, 5) is 14.3. The average molecular weight is 258 g/mol. The predicted molar refractivity (Wildman–Crippen MR) is 70.1 cm³/mol. The number of nitrogens with two attached hydrogens (primary N) is 1. The first-order chi connectivity index (χ1) is 8.57. The van der Waals surface area contributed by atoms with Crippen LogP contribution in [0.1, 0.15) is 33.1 Å². The van der Waals surface area contributed by atoms with Gasteiger partial charge in [-0.1, -0.05) is 6.92 Å². The molecular formula is C13H26N2O3. The third-order valence-corrected chi connectivity index (χ3v) is 3.92. The van der Waals surface area contributed by atoms with Gasteiger partial charge in [-0.25, -0.2) is 0 Å². The van der Waals surface area contributed by atoms with Crippen LogP contribution in [-0.4, -0.2) is 54.9 Å². The minimum absolute atomic E-state index is 0.0558. The number of aliphatic hydroxyl groups is 1. The van der Waals surface area contributed by atoms with Crippen LogP contribution in [0.5, 0.6) is 0 Å². The van der Waals surface area contributed by atoms with Crippen LogP contribution in [0.4, 0.5) is 0 Å². The Kier molecular flexibility index (Phi) is 6.05. The number of nitrogens with zero attached hydrogens (tertiary/aromatic N) is 1. The number of hydrogen-bond donors (Lipinski definition) is 2. The van der Waals surface area contributed by atoms with Gasteiger partial charge in [0.1, 0.15) is 0 Å². The first kappa shape index (κ1) is 15.4. The maximum absolute atomic E-state index is 12.4. The number of aliphatic hydroxyl groups excluding tert-OH is 1.